The van der Waals surface area contributed by atoms with E-state index in [9.17, 15) is 0 Å². The maximum atomic E-state index is 5.91. The minimum absolute atomic E-state index is 0.565. The number of rotatable bonds is 5. The van der Waals surface area contributed by atoms with Gasteiger partial charge in [0.05, 0.1) is 19.2 Å². The van der Waals surface area contributed by atoms with Gasteiger partial charge in [-0.25, -0.2) is 4.98 Å². The normalized spacial score (nSPS) is 11.1. The number of methoxy groups -OCH3 is 1. The number of ether oxygens (including phenoxy) is 1. The summed E-state index contributed by atoms with van der Waals surface area (Å²) in [5.41, 5.74) is 3.29. The van der Waals surface area contributed by atoms with Crippen LogP contribution in [-0.2, 0) is 13.0 Å². The van der Waals surface area contributed by atoms with Gasteiger partial charge in [0.1, 0.15) is 17.1 Å². The number of nitrogens with zero attached hydrogens (tertiary/aromatic N) is 2. The molecule has 0 radical (unpaired) electrons. The monoisotopic (exact) mass is 306 g/mol. The molecule has 0 unspecified atom stereocenters. The fourth-order valence-electron chi connectivity index (χ4n) is 2.35. The van der Waals surface area contributed by atoms with Crippen molar-refractivity contribution in [3.8, 4) is 5.75 Å². The number of benzene rings is 1. The third-order valence-electron chi connectivity index (χ3n) is 3.28. The van der Waals surface area contributed by atoms with Crippen LogP contribution in [0.5, 0.6) is 5.75 Å². The Morgan fingerprint density at radius 3 is 2.95 bits per heavy atom. The van der Waals surface area contributed by atoms with Gasteiger partial charge in [-0.05, 0) is 34.5 Å². The molecule has 0 atom stereocenters. The van der Waals surface area contributed by atoms with Crippen LogP contribution >= 0.6 is 22.9 Å². The van der Waals surface area contributed by atoms with Gasteiger partial charge in [0.15, 0.2) is 0 Å². The first-order valence-electron chi connectivity index (χ1n) is 6.42. The number of imidazole rings is 1. The lowest BCUT2D eigenvalue weighted by molar-refractivity contribution is 0.419. The minimum Gasteiger partial charge on any atom is -0.494 e. The van der Waals surface area contributed by atoms with Crippen molar-refractivity contribution < 1.29 is 4.74 Å². The van der Waals surface area contributed by atoms with Crippen molar-refractivity contribution in [2.75, 3.05) is 13.0 Å². The topological polar surface area (TPSA) is 27.1 Å². The van der Waals surface area contributed by atoms with E-state index in [4.69, 9.17) is 21.3 Å². The van der Waals surface area contributed by atoms with Gasteiger partial charge in [-0.3, -0.25) is 0 Å². The minimum atomic E-state index is 0.565. The standard InChI is InChI=1S/C15H15ClN2OS/c1-19-13-4-2-3-12-15(13)17-14(5-7-16)18(12)9-11-6-8-20-10-11/h2-4,6,8,10H,5,7,9H2,1H3. The van der Waals surface area contributed by atoms with Gasteiger partial charge in [-0.1, -0.05) is 6.07 Å². The lowest BCUT2D eigenvalue weighted by atomic mass is 10.2. The van der Waals surface area contributed by atoms with Crippen LogP contribution in [0, 0.1) is 0 Å². The molecule has 0 bridgehead atoms. The first-order valence-corrected chi connectivity index (χ1v) is 7.90. The van der Waals surface area contributed by atoms with Gasteiger partial charge >= 0.3 is 0 Å². The number of hydrogen-bond acceptors (Lipinski definition) is 3. The van der Waals surface area contributed by atoms with Crippen LogP contribution in [-0.4, -0.2) is 22.5 Å². The predicted octanol–water partition coefficient (Wildman–Crippen LogP) is 3.94. The zero-order valence-corrected chi connectivity index (χ0v) is 12.7. The number of para-hydroxylation sites is 1. The quantitative estimate of drug-likeness (QED) is 0.668. The highest BCUT2D eigenvalue weighted by atomic mass is 35.5. The Morgan fingerprint density at radius 1 is 1.35 bits per heavy atom. The zero-order valence-electron chi connectivity index (χ0n) is 11.2. The SMILES string of the molecule is COc1cccc2c1nc(CCCl)n2Cc1ccsc1. The van der Waals surface area contributed by atoms with E-state index >= 15 is 0 Å². The van der Waals surface area contributed by atoms with Crippen molar-refractivity contribution >= 4 is 34.0 Å². The van der Waals surface area contributed by atoms with E-state index < -0.39 is 0 Å². The lowest BCUT2D eigenvalue weighted by Gasteiger charge is -2.07. The van der Waals surface area contributed by atoms with Crippen LogP contribution in [0.1, 0.15) is 11.4 Å². The summed E-state index contributed by atoms with van der Waals surface area (Å²) < 4.78 is 7.63. The molecule has 3 rings (SSSR count). The highest BCUT2D eigenvalue weighted by Crippen LogP contribution is 2.27. The fourth-order valence-corrected chi connectivity index (χ4v) is 3.18. The largest absolute Gasteiger partial charge is 0.494 e. The molecule has 0 saturated carbocycles. The Bertz CT molecular complexity index is 706. The van der Waals surface area contributed by atoms with E-state index in [1.165, 1.54) is 5.56 Å². The number of thiophene rings is 1. The molecule has 0 saturated heterocycles. The number of fused-ring (bicyclic) bond motifs is 1. The molecule has 2 aromatic heterocycles. The maximum Gasteiger partial charge on any atom is 0.146 e. The summed E-state index contributed by atoms with van der Waals surface area (Å²) in [4.78, 5) is 4.71. The zero-order chi connectivity index (χ0) is 13.9. The van der Waals surface area contributed by atoms with Crippen LogP contribution in [0.4, 0.5) is 0 Å². The molecule has 0 fully saturated rings. The Morgan fingerprint density at radius 2 is 2.25 bits per heavy atom. The van der Waals surface area contributed by atoms with E-state index in [-0.39, 0.29) is 0 Å². The molecule has 2 heterocycles. The second-order valence-corrected chi connectivity index (χ2v) is 5.67. The van der Waals surface area contributed by atoms with Gasteiger partial charge in [0.2, 0.25) is 0 Å². The van der Waals surface area contributed by atoms with E-state index in [1.54, 1.807) is 18.4 Å². The van der Waals surface area contributed by atoms with E-state index in [0.29, 0.717) is 5.88 Å². The Kier molecular flexibility index (Phi) is 3.94. The number of alkyl halides is 1. The predicted molar refractivity (Wildman–Crippen MR) is 84.1 cm³/mol. The first-order chi connectivity index (χ1) is 9.83. The van der Waals surface area contributed by atoms with Crippen LogP contribution < -0.4 is 4.74 Å². The molecule has 20 heavy (non-hydrogen) atoms. The van der Waals surface area contributed by atoms with Gasteiger partial charge in [0, 0.05) is 12.3 Å². The summed E-state index contributed by atoms with van der Waals surface area (Å²) in [7, 11) is 1.67. The fraction of sp³-hybridized carbons (Fsp3) is 0.267. The summed E-state index contributed by atoms with van der Waals surface area (Å²) >= 11 is 7.62. The van der Waals surface area contributed by atoms with Gasteiger partial charge in [-0.15, -0.1) is 11.6 Å². The molecule has 0 aliphatic carbocycles. The van der Waals surface area contributed by atoms with Crippen LogP contribution in [0.25, 0.3) is 11.0 Å². The number of halogens is 1. The molecule has 0 aliphatic rings. The molecule has 1 aromatic carbocycles. The van der Waals surface area contributed by atoms with Crippen molar-refractivity contribution in [3.63, 3.8) is 0 Å². The van der Waals surface area contributed by atoms with Gasteiger partial charge in [0.25, 0.3) is 0 Å². The lowest BCUT2D eigenvalue weighted by Crippen LogP contribution is -2.05. The maximum absolute atomic E-state index is 5.91. The summed E-state index contributed by atoms with van der Waals surface area (Å²) in [5.74, 6) is 2.38. The molecule has 3 nitrogen and oxygen atoms in total. The Balaban J connectivity index is 2.13. The summed E-state index contributed by atoms with van der Waals surface area (Å²) in [5, 5.41) is 4.26. The third-order valence-corrected chi connectivity index (χ3v) is 4.20. The molecular weight excluding hydrogens is 292 g/mol. The van der Waals surface area contributed by atoms with E-state index in [2.05, 4.69) is 27.5 Å². The third kappa shape index (κ3) is 2.41. The molecule has 104 valence electrons. The second kappa shape index (κ2) is 5.85. The molecule has 3 aromatic rings. The first kappa shape index (κ1) is 13.5. The number of hydrogen-bond donors (Lipinski definition) is 0. The second-order valence-electron chi connectivity index (χ2n) is 4.51. The Labute approximate surface area is 126 Å². The molecule has 0 amide bonds. The van der Waals surface area contributed by atoms with Crippen LogP contribution in [0.2, 0.25) is 0 Å². The number of aromatic nitrogens is 2. The van der Waals surface area contributed by atoms with Gasteiger partial charge in [-0.2, -0.15) is 11.3 Å². The van der Waals surface area contributed by atoms with Crippen LogP contribution in [0.3, 0.4) is 0 Å². The molecular formula is C15H15ClN2OS. The summed E-state index contributed by atoms with van der Waals surface area (Å²) in [6.07, 6.45) is 0.753. The smallest absolute Gasteiger partial charge is 0.146 e. The van der Waals surface area contributed by atoms with Crippen molar-refractivity contribution in [1.82, 2.24) is 9.55 Å². The van der Waals surface area contributed by atoms with E-state index in [1.807, 2.05) is 12.1 Å². The molecule has 0 spiro atoms. The number of aryl methyl sites for hydroxylation is 1. The average molecular weight is 307 g/mol. The van der Waals surface area contributed by atoms with Crippen molar-refractivity contribution in [2.24, 2.45) is 0 Å². The van der Waals surface area contributed by atoms with Crippen molar-refractivity contribution in [1.29, 1.82) is 0 Å². The summed E-state index contributed by atoms with van der Waals surface area (Å²) in [6, 6.07) is 8.16. The highest BCUT2D eigenvalue weighted by molar-refractivity contribution is 7.07. The molecule has 0 N–H and O–H groups in total. The van der Waals surface area contributed by atoms with Crippen molar-refractivity contribution in [2.45, 2.75) is 13.0 Å². The Hall–Kier alpha value is -1.52. The van der Waals surface area contributed by atoms with E-state index in [0.717, 1.165) is 35.6 Å². The summed E-state index contributed by atoms with van der Waals surface area (Å²) in [6.45, 7) is 0.819. The molecule has 5 heteroatoms. The average Bonchev–Trinajstić information content (AvgIpc) is 3.08. The van der Waals surface area contributed by atoms with Crippen molar-refractivity contribution in [3.05, 3.63) is 46.4 Å². The highest BCUT2D eigenvalue weighted by Gasteiger charge is 2.14. The molecule has 0 aliphatic heterocycles. The van der Waals surface area contributed by atoms with Gasteiger partial charge < -0.3 is 9.30 Å². The van der Waals surface area contributed by atoms with Crippen LogP contribution in [0.15, 0.2) is 35.0 Å².